The Morgan fingerprint density at radius 1 is 1.29 bits per heavy atom. The molecule has 0 fully saturated rings. The van der Waals surface area contributed by atoms with Crippen LogP contribution in [0.5, 0.6) is 0 Å². The van der Waals surface area contributed by atoms with Gasteiger partial charge in [0.15, 0.2) is 10.9 Å². The molecule has 2 rings (SSSR count). The van der Waals surface area contributed by atoms with Gasteiger partial charge in [0.25, 0.3) is 0 Å². The van der Waals surface area contributed by atoms with Gasteiger partial charge in [-0.05, 0) is 40.5 Å². The maximum Gasteiger partial charge on any atom is 0.325 e. The van der Waals surface area contributed by atoms with Crippen LogP contribution in [-0.2, 0) is 0 Å². The van der Waals surface area contributed by atoms with Gasteiger partial charge in [-0.3, -0.25) is 10.1 Å². The lowest BCUT2D eigenvalue weighted by molar-refractivity contribution is 0.0979. The summed E-state index contributed by atoms with van der Waals surface area (Å²) in [5, 5.41) is 5.56. The zero-order valence-electron chi connectivity index (χ0n) is 13.1. The van der Waals surface area contributed by atoms with Crippen LogP contribution in [0.3, 0.4) is 0 Å². The van der Waals surface area contributed by atoms with Gasteiger partial charge >= 0.3 is 6.03 Å². The van der Waals surface area contributed by atoms with Crippen molar-refractivity contribution in [3.8, 4) is 0 Å². The van der Waals surface area contributed by atoms with E-state index in [0.29, 0.717) is 11.6 Å². The molecule has 2 N–H and O–H groups in total. The molecule has 0 saturated heterocycles. The van der Waals surface area contributed by atoms with Gasteiger partial charge in [-0.15, -0.1) is 0 Å². The molecule has 0 aliphatic rings. The number of rotatable bonds is 7. The van der Waals surface area contributed by atoms with Crippen LogP contribution in [0.2, 0.25) is 0 Å². The first-order valence-electron chi connectivity index (χ1n) is 7.51. The molecule has 0 aliphatic carbocycles. The van der Waals surface area contributed by atoms with E-state index in [0.717, 1.165) is 29.1 Å². The largest absolute Gasteiger partial charge is 0.325 e. The Morgan fingerprint density at radius 3 is 2.75 bits per heavy atom. The number of thiazole rings is 1. The van der Waals surface area contributed by atoms with Crippen molar-refractivity contribution in [3.63, 3.8) is 0 Å². The Bertz CT molecular complexity index is 736. The van der Waals surface area contributed by atoms with Crippen molar-refractivity contribution in [2.24, 2.45) is 0 Å². The van der Waals surface area contributed by atoms with Crippen LogP contribution in [-0.4, -0.2) is 16.8 Å². The molecule has 1 aromatic heterocycles. The molecule has 24 heavy (non-hydrogen) atoms. The number of hydrogen-bond donors (Lipinski definition) is 2. The van der Waals surface area contributed by atoms with E-state index in [-0.39, 0.29) is 17.0 Å². The Kier molecular flexibility index (Phi) is 6.86. The molecule has 0 unspecified atom stereocenters. The third-order valence-electron chi connectivity index (χ3n) is 3.24. The normalized spacial score (nSPS) is 10.5. The number of ketones is 1. The van der Waals surface area contributed by atoms with Crippen LogP contribution < -0.4 is 10.6 Å². The predicted molar refractivity (Wildman–Crippen MR) is 97.3 cm³/mol. The number of anilines is 2. The Balaban J connectivity index is 2.08. The van der Waals surface area contributed by atoms with Crippen LogP contribution in [0, 0.1) is 5.82 Å². The van der Waals surface area contributed by atoms with Crippen LogP contribution in [0.1, 0.15) is 43.0 Å². The molecule has 0 aliphatic heterocycles. The molecule has 0 saturated carbocycles. The van der Waals surface area contributed by atoms with E-state index in [1.165, 1.54) is 23.5 Å². The zero-order chi connectivity index (χ0) is 17.5. The van der Waals surface area contributed by atoms with Crippen molar-refractivity contribution in [2.75, 3.05) is 10.6 Å². The average molecular weight is 414 g/mol. The van der Waals surface area contributed by atoms with E-state index in [2.05, 4.69) is 31.5 Å². The Morgan fingerprint density at radius 2 is 2.08 bits per heavy atom. The number of carbonyl (C=O) groups excluding carboxylic acids is 2. The predicted octanol–water partition coefficient (Wildman–Crippen LogP) is 5.45. The van der Waals surface area contributed by atoms with Crippen molar-refractivity contribution < 1.29 is 14.0 Å². The van der Waals surface area contributed by atoms with Gasteiger partial charge < -0.3 is 5.32 Å². The van der Waals surface area contributed by atoms with Gasteiger partial charge in [-0.25, -0.2) is 14.2 Å². The summed E-state index contributed by atoms with van der Waals surface area (Å²) < 4.78 is 14.3. The average Bonchev–Trinajstić information content (AvgIpc) is 2.94. The van der Waals surface area contributed by atoms with E-state index in [4.69, 9.17) is 0 Å². The summed E-state index contributed by atoms with van der Waals surface area (Å²) in [7, 11) is 0. The number of carbonyl (C=O) groups is 2. The Labute approximate surface area is 151 Å². The highest BCUT2D eigenvalue weighted by atomic mass is 79.9. The van der Waals surface area contributed by atoms with Crippen molar-refractivity contribution in [2.45, 2.75) is 32.6 Å². The van der Waals surface area contributed by atoms with Crippen molar-refractivity contribution in [1.29, 1.82) is 0 Å². The first-order chi connectivity index (χ1) is 11.5. The molecule has 0 atom stereocenters. The fourth-order valence-corrected chi connectivity index (χ4v) is 3.19. The number of nitrogens with one attached hydrogen (secondary N) is 2. The quantitative estimate of drug-likeness (QED) is 0.468. The SMILES string of the molecule is CCCCCC(=O)c1cc(F)ccc1NC(=O)Nc1ncc(Br)s1. The molecular weight excluding hydrogens is 397 g/mol. The minimum atomic E-state index is -0.536. The topological polar surface area (TPSA) is 71.1 Å². The minimum absolute atomic E-state index is 0.182. The summed E-state index contributed by atoms with van der Waals surface area (Å²) in [6.07, 6.45) is 4.56. The number of nitrogens with zero attached hydrogens (tertiary/aromatic N) is 1. The summed E-state index contributed by atoms with van der Waals surface area (Å²) in [5.74, 6) is -0.695. The van der Waals surface area contributed by atoms with Gasteiger partial charge in [0, 0.05) is 12.0 Å². The third-order valence-corrected chi connectivity index (χ3v) is 4.63. The van der Waals surface area contributed by atoms with E-state index >= 15 is 0 Å². The van der Waals surface area contributed by atoms with Gasteiger partial charge in [-0.2, -0.15) is 0 Å². The number of aromatic nitrogens is 1. The second-order valence-electron chi connectivity index (χ2n) is 5.12. The number of hydrogen-bond acceptors (Lipinski definition) is 4. The molecule has 5 nitrogen and oxygen atoms in total. The molecule has 1 heterocycles. The van der Waals surface area contributed by atoms with E-state index in [9.17, 15) is 14.0 Å². The smallest absolute Gasteiger partial charge is 0.307 e. The summed E-state index contributed by atoms with van der Waals surface area (Å²) >= 11 is 4.52. The van der Waals surface area contributed by atoms with Crippen molar-refractivity contribution in [3.05, 3.63) is 39.6 Å². The van der Waals surface area contributed by atoms with Crippen LogP contribution >= 0.6 is 27.3 Å². The highest BCUT2D eigenvalue weighted by Crippen LogP contribution is 2.24. The van der Waals surface area contributed by atoms with Crippen LogP contribution in [0.25, 0.3) is 0 Å². The molecule has 8 heteroatoms. The second kappa shape index (κ2) is 8.89. The summed E-state index contributed by atoms with van der Waals surface area (Å²) in [6, 6.07) is 3.22. The summed E-state index contributed by atoms with van der Waals surface area (Å²) in [6.45, 7) is 2.04. The maximum atomic E-state index is 13.5. The van der Waals surface area contributed by atoms with E-state index in [1.54, 1.807) is 6.20 Å². The highest BCUT2D eigenvalue weighted by Gasteiger charge is 2.15. The lowest BCUT2D eigenvalue weighted by Gasteiger charge is -2.11. The number of urea groups is 1. The number of Topliss-reactive ketones (excluding diaryl/α,β-unsaturated/α-hetero) is 1. The summed E-state index contributed by atoms with van der Waals surface area (Å²) in [4.78, 5) is 28.3. The first kappa shape index (κ1) is 18.5. The Hall–Kier alpha value is -1.80. The second-order valence-corrected chi connectivity index (χ2v) is 7.53. The molecular formula is C16H17BrFN3O2S. The fourth-order valence-electron chi connectivity index (χ4n) is 2.09. The molecule has 2 aromatic rings. The molecule has 0 spiro atoms. The zero-order valence-corrected chi connectivity index (χ0v) is 15.5. The molecule has 2 amide bonds. The molecule has 0 bridgehead atoms. The highest BCUT2D eigenvalue weighted by molar-refractivity contribution is 9.11. The molecule has 128 valence electrons. The monoisotopic (exact) mass is 413 g/mol. The molecule has 1 aromatic carbocycles. The number of unbranched alkanes of at least 4 members (excludes halogenated alkanes) is 2. The van der Waals surface area contributed by atoms with E-state index in [1.807, 2.05) is 6.92 Å². The first-order valence-corrected chi connectivity index (χ1v) is 9.12. The fraction of sp³-hybridized carbons (Fsp3) is 0.312. The lowest BCUT2D eigenvalue weighted by atomic mass is 10.0. The van der Waals surface area contributed by atoms with Crippen LogP contribution in [0.15, 0.2) is 28.2 Å². The van der Waals surface area contributed by atoms with Gasteiger partial charge in [0.2, 0.25) is 0 Å². The van der Waals surface area contributed by atoms with Crippen molar-refractivity contribution >= 4 is 49.9 Å². The number of amides is 2. The number of benzene rings is 1. The van der Waals surface area contributed by atoms with Gasteiger partial charge in [0.05, 0.1) is 15.7 Å². The molecule has 0 radical (unpaired) electrons. The number of halogens is 2. The van der Waals surface area contributed by atoms with Gasteiger partial charge in [-0.1, -0.05) is 31.1 Å². The standard InChI is InChI=1S/C16H17BrFN3O2S/c1-2-3-4-5-13(22)11-8-10(18)6-7-12(11)20-15(23)21-16-19-9-14(17)24-16/h6-9H,2-5H2,1H3,(H2,19,20,21,23). The lowest BCUT2D eigenvalue weighted by Crippen LogP contribution is -2.21. The van der Waals surface area contributed by atoms with Crippen LogP contribution in [0.4, 0.5) is 20.0 Å². The summed E-state index contributed by atoms with van der Waals surface area (Å²) in [5.41, 5.74) is 0.465. The maximum absolute atomic E-state index is 13.5. The van der Waals surface area contributed by atoms with E-state index < -0.39 is 11.8 Å². The van der Waals surface area contributed by atoms with Gasteiger partial charge in [0.1, 0.15) is 5.82 Å². The minimum Gasteiger partial charge on any atom is -0.307 e. The van der Waals surface area contributed by atoms with Crippen molar-refractivity contribution in [1.82, 2.24) is 4.98 Å². The third kappa shape index (κ3) is 5.38.